The number of methoxy groups -OCH3 is 1. The van der Waals surface area contributed by atoms with Gasteiger partial charge in [0.1, 0.15) is 0 Å². The van der Waals surface area contributed by atoms with Crippen LogP contribution in [0.25, 0.3) is 0 Å². The Balaban J connectivity index is 1.97. The summed E-state index contributed by atoms with van der Waals surface area (Å²) < 4.78 is 18.4. The molecular formula is C16H22FNO3. The van der Waals surface area contributed by atoms with Gasteiger partial charge in [-0.3, -0.25) is 4.79 Å². The summed E-state index contributed by atoms with van der Waals surface area (Å²) in [5, 5.41) is 12.4. The van der Waals surface area contributed by atoms with Crippen LogP contribution in [0.5, 0.6) is 5.75 Å². The monoisotopic (exact) mass is 295 g/mol. The maximum absolute atomic E-state index is 13.6. The molecular weight excluding hydrogens is 273 g/mol. The van der Waals surface area contributed by atoms with Crippen molar-refractivity contribution in [1.29, 1.82) is 0 Å². The molecule has 0 saturated heterocycles. The Morgan fingerprint density at radius 1 is 1.57 bits per heavy atom. The fourth-order valence-electron chi connectivity index (χ4n) is 2.92. The highest BCUT2D eigenvalue weighted by molar-refractivity contribution is 5.79. The van der Waals surface area contributed by atoms with Gasteiger partial charge in [0.05, 0.1) is 20.1 Å². The molecule has 0 radical (unpaired) electrons. The van der Waals surface area contributed by atoms with Gasteiger partial charge in [-0.25, -0.2) is 4.39 Å². The van der Waals surface area contributed by atoms with Gasteiger partial charge in [-0.1, -0.05) is 19.4 Å². The fourth-order valence-corrected chi connectivity index (χ4v) is 2.92. The van der Waals surface area contributed by atoms with E-state index in [1.807, 2.05) is 6.92 Å². The van der Waals surface area contributed by atoms with E-state index in [-0.39, 0.29) is 36.1 Å². The number of hydrogen-bond donors (Lipinski definition) is 2. The van der Waals surface area contributed by atoms with Gasteiger partial charge in [0, 0.05) is 11.5 Å². The minimum absolute atomic E-state index is 0.0157. The highest BCUT2D eigenvalue weighted by Gasteiger charge is 2.38. The smallest absolute Gasteiger partial charge is 0.224 e. The largest absolute Gasteiger partial charge is 0.494 e. The van der Waals surface area contributed by atoms with Gasteiger partial charge in [-0.05, 0) is 30.5 Å². The molecule has 1 saturated carbocycles. The number of amides is 1. The van der Waals surface area contributed by atoms with Crippen LogP contribution in [-0.2, 0) is 11.2 Å². The Hall–Kier alpha value is -1.62. The van der Waals surface area contributed by atoms with Crippen LogP contribution in [0, 0.1) is 11.2 Å². The average molecular weight is 295 g/mol. The average Bonchev–Trinajstić information content (AvgIpc) is 2.81. The SMILES string of the molecule is COc1ccc(CC(=O)NC2CCCC2(C)CO)cc1F. The zero-order valence-electron chi connectivity index (χ0n) is 12.5. The molecule has 1 amide bonds. The predicted molar refractivity (Wildman–Crippen MR) is 77.6 cm³/mol. The molecule has 2 unspecified atom stereocenters. The molecule has 0 spiro atoms. The quantitative estimate of drug-likeness (QED) is 0.874. The zero-order chi connectivity index (χ0) is 15.5. The summed E-state index contributed by atoms with van der Waals surface area (Å²) in [5.41, 5.74) is 0.357. The second-order valence-electron chi connectivity index (χ2n) is 5.97. The number of nitrogens with one attached hydrogen (secondary N) is 1. The van der Waals surface area contributed by atoms with Gasteiger partial charge in [0.25, 0.3) is 0 Å². The number of hydrogen-bond acceptors (Lipinski definition) is 3. The second-order valence-corrected chi connectivity index (χ2v) is 5.97. The van der Waals surface area contributed by atoms with E-state index >= 15 is 0 Å². The van der Waals surface area contributed by atoms with Crippen molar-refractivity contribution in [2.24, 2.45) is 5.41 Å². The first-order chi connectivity index (χ1) is 9.98. The number of carbonyl (C=O) groups excluding carboxylic acids is 1. The Morgan fingerprint density at radius 2 is 2.33 bits per heavy atom. The summed E-state index contributed by atoms with van der Waals surface area (Å²) >= 11 is 0. The van der Waals surface area contributed by atoms with Crippen molar-refractivity contribution >= 4 is 5.91 Å². The summed E-state index contributed by atoms with van der Waals surface area (Å²) in [6.45, 7) is 2.05. The van der Waals surface area contributed by atoms with Crippen molar-refractivity contribution in [3.05, 3.63) is 29.6 Å². The third-order valence-corrected chi connectivity index (χ3v) is 4.36. The molecule has 0 bridgehead atoms. The maximum atomic E-state index is 13.6. The van der Waals surface area contributed by atoms with Gasteiger partial charge >= 0.3 is 0 Å². The van der Waals surface area contributed by atoms with E-state index in [4.69, 9.17) is 4.74 Å². The number of ether oxygens (including phenoxy) is 1. The van der Waals surface area contributed by atoms with E-state index in [0.29, 0.717) is 5.56 Å². The van der Waals surface area contributed by atoms with Crippen molar-refractivity contribution in [2.45, 2.75) is 38.6 Å². The van der Waals surface area contributed by atoms with Crippen LogP contribution in [0.4, 0.5) is 4.39 Å². The molecule has 1 aliphatic carbocycles. The Morgan fingerprint density at radius 3 is 2.95 bits per heavy atom. The Kier molecular flexibility index (Phi) is 4.83. The molecule has 116 valence electrons. The van der Waals surface area contributed by atoms with E-state index in [0.717, 1.165) is 19.3 Å². The van der Waals surface area contributed by atoms with Crippen molar-refractivity contribution in [1.82, 2.24) is 5.32 Å². The Bertz CT molecular complexity index is 520. The van der Waals surface area contributed by atoms with Gasteiger partial charge < -0.3 is 15.2 Å². The molecule has 4 nitrogen and oxygen atoms in total. The van der Waals surface area contributed by atoms with Crippen LogP contribution in [-0.4, -0.2) is 30.8 Å². The first-order valence-electron chi connectivity index (χ1n) is 7.21. The molecule has 1 aliphatic rings. The summed E-state index contributed by atoms with van der Waals surface area (Å²) in [6, 6.07) is 4.50. The normalized spacial score (nSPS) is 24.9. The van der Waals surface area contributed by atoms with Crippen molar-refractivity contribution in [3.63, 3.8) is 0 Å². The van der Waals surface area contributed by atoms with E-state index in [2.05, 4.69) is 5.32 Å². The molecule has 2 atom stereocenters. The van der Waals surface area contributed by atoms with Crippen LogP contribution in [0.15, 0.2) is 18.2 Å². The van der Waals surface area contributed by atoms with E-state index in [1.54, 1.807) is 6.07 Å². The first-order valence-corrected chi connectivity index (χ1v) is 7.21. The van der Waals surface area contributed by atoms with Crippen LogP contribution in [0.1, 0.15) is 31.7 Å². The molecule has 2 rings (SSSR count). The second kappa shape index (κ2) is 6.43. The molecule has 0 aliphatic heterocycles. The summed E-state index contributed by atoms with van der Waals surface area (Å²) in [7, 11) is 1.40. The molecule has 5 heteroatoms. The summed E-state index contributed by atoms with van der Waals surface area (Å²) in [5.74, 6) is -0.446. The van der Waals surface area contributed by atoms with E-state index < -0.39 is 5.82 Å². The number of aliphatic hydroxyl groups excluding tert-OH is 1. The van der Waals surface area contributed by atoms with Gasteiger partial charge in [-0.15, -0.1) is 0 Å². The lowest BCUT2D eigenvalue weighted by molar-refractivity contribution is -0.122. The molecule has 1 fully saturated rings. The minimum Gasteiger partial charge on any atom is -0.494 e. The van der Waals surface area contributed by atoms with Crippen molar-refractivity contribution < 1.29 is 19.0 Å². The van der Waals surface area contributed by atoms with Gasteiger partial charge in [0.15, 0.2) is 11.6 Å². The standard InChI is InChI=1S/C16H22FNO3/c1-16(10-19)7-3-4-14(16)18-15(20)9-11-5-6-13(21-2)12(17)8-11/h5-6,8,14,19H,3-4,7,9-10H2,1-2H3,(H,18,20). The summed E-state index contributed by atoms with van der Waals surface area (Å²) in [4.78, 5) is 12.1. The number of rotatable bonds is 5. The van der Waals surface area contributed by atoms with Crippen molar-refractivity contribution in [3.8, 4) is 5.75 Å². The molecule has 2 N–H and O–H groups in total. The topological polar surface area (TPSA) is 58.6 Å². The van der Waals surface area contributed by atoms with Crippen LogP contribution < -0.4 is 10.1 Å². The first kappa shape index (κ1) is 15.8. The lowest BCUT2D eigenvalue weighted by Crippen LogP contribution is -2.45. The van der Waals surface area contributed by atoms with Crippen molar-refractivity contribution in [2.75, 3.05) is 13.7 Å². The Labute approximate surface area is 124 Å². The highest BCUT2D eigenvalue weighted by atomic mass is 19.1. The molecule has 1 aromatic carbocycles. The highest BCUT2D eigenvalue weighted by Crippen LogP contribution is 2.37. The predicted octanol–water partition coefficient (Wildman–Crippen LogP) is 2.04. The van der Waals surface area contributed by atoms with Gasteiger partial charge in [0.2, 0.25) is 5.91 Å². The maximum Gasteiger partial charge on any atom is 0.224 e. The lowest BCUT2D eigenvalue weighted by atomic mass is 9.85. The van der Waals surface area contributed by atoms with Crippen LogP contribution in [0.2, 0.25) is 0 Å². The lowest BCUT2D eigenvalue weighted by Gasteiger charge is -2.30. The minimum atomic E-state index is -0.469. The number of halogens is 1. The molecule has 21 heavy (non-hydrogen) atoms. The van der Waals surface area contributed by atoms with E-state index in [1.165, 1.54) is 19.2 Å². The number of aliphatic hydroxyl groups is 1. The fraction of sp³-hybridized carbons (Fsp3) is 0.562. The number of carbonyl (C=O) groups is 1. The van der Waals surface area contributed by atoms with E-state index in [9.17, 15) is 14.3 Å². The molecule has 0 aromatic heterocycles. The van der Waals surface area contributed by atoms with Gasteiger partial charge in [-0.2, -0.15) is 0 Å². The zero-order valence-corrected chi connectivity index (χ0v) is 12.5. The molecule has 0 heterocycles. The number of benzene rings is 1. The third kappa shape index (κ3) is 3.53. The van der Waals surface area contributed by atoms with Crippen LogP contribution >= 0.6 is 0 Å². The molecule has 1 aromatic rings. The third-order valence-electron chi connectivity index (χ3n) is 4.36. The van der Waals surface area contributed by atoms with Crippen LogP contribution in [0.3, 0.4) is 0 Å². The summed E-state index contributed by atoms with van der Waals surface area (Å²) in [6.07, 6.45) is 2.91.